The highest BCUT2D eigenvalue weighted by Gasteiger charge is 1.96. The van der Waals surface area contributed by atoms with E-state index in [2.05, 4.69) is 5.10 Å². The van der Waals surface area contributed by atoms with E-state index >= 15 is 0 Å². The van der Waals surface area contributed by atoms with Gasteiger partial charge in [-0.25, -0.2) is 4.68 Å². The van der Waals surface area contributed by atoms with Crippen LogP contribution in [0.15, 0.2) is 36.5 Å². The fourth-order valence-corrected chi connectivity index (χ4v) is 1.23. The Labute approximate surface area is 75.3 Å². The third kappa shape index (κ3) is 1.36. The second kappa shape index (κ2) is 3.23. The number of nitrogens with zero attached hydrogens (tertiary/aromatic N) is 2. The van der Waals surface area contributed by atoms with Crippen molar-refractivity contribution in [2.45, 2.75) is 0 Å². The minimum absolute atomic E-state index is 0.733. The van der Waals surface area contributed by atoms with Crippen molar-refractivity contribution in [1.29, 1.82) is 0 Å². The zero-order chi connectivity index (χ0) is 9.10. The molecule has 0 atom stereocenters. The molecular weight excluding hydrogens is 164 g/mol. The van der Waals surface area contributed by atoms with E-state index in [0.29, 0.717) is 0 Å². The SMILES string of the molecule is O=CC=Cn1ncc2ccccc21. The van der Waals surface area contributed by atoms with Crippen molar-refractivity contribution in [3.8, 4) is 0 Å². The average molecular weight is 172 g/mol. The Morgan fingerprint density at radius 1 is 1.31 bits per heavy atom. The Kier molecular flexibility index (Phi) is 1.92. The quantitative estimate of drug-likeness (QED) is 0.510. The molecule has 0 amide bonds. The molecule has 0 fully saturated rings. The standard InChI is InChI=1S/C10H8N2O/c13-7-3-6-12-10-5-2-1-4-9(10)8-11-12/h1-8H. The number of carbonyl (C=O) groups excluding carboxylic acids is 1. The molecule has 1 heterocycles. The summed E-state index contributed by atoms with van der Waals surface area (Å²) >= 11 is 0. The zero-order valence-electron chi connectivity index (χ0n) is 6.92. The lowest BCUT2D eigenvalue weighted by molar-refractivity contribution is -0.104. The molecule has 0 aliphatic heterocycles. The summed E-state index contributed by atoms with van der Waals surface area (Å²) in [5, 5.41) is 5.17. The van der Waals surface area contributed by atoms with E-state index < -0.39 is 0 Å². The summed E-state index contributed by atoms with van der Waals surface area (Å²) in [6.45, 7) is 0. The molecule has 0 radical (unpaired) electrons. The van der Waals surface area contributed by atoms with Gasteiger partial charge in [-0.2, -0.15) is 5.10 Å². The number of hydrogen-bond acceptors (Lipinski definition) is 2. The molecule has 1 aromatic carbocycles. The van der Waals surface area contributed by atoms with E-state index in [1.807, 2.05) is 24.3 Å². The van der Waals surface area contributed by atoms with Gasteiger partial charge in [0.2, 0.25) is 0 Å². The van der Waals surface area contributed by atoms with E-state index in [1.165, 1.54) is 6.08 Å². The Balaban J connectivity index is 2.57. The van der Waals surface area contributed by atoms with Crippen LogP contribution in [0.5, 0.6) is 0 Å². The van der Waals surface area contributed by atoms with Crippen molar-refractivity contribution >= 4 is 23.4 Å². The van der Waals surface area contributed by atoms with Crippen LogP contribution in [0.4, 0.5) is 0 Å². The van der Waals surface area contributed by atoms with Crippen LogP contribution in [0, 0.1) is 0 Å². The first-order valence-corrected chi connectivity index (χ1v) is 3.96. The van der Waals surface area contributed by atoms with E-state index in [4.69, 9.17) is 0 Å². The van der Waals surface area contributed by atoms with Gasteiger partial charge in [0.05, 0.1) is 11.7 Å². The van der Waals surface area contributed by atoms with Gasteiger partial charge in [-0.05, 0) is 12.1 Å². The molecule has 0 N–H and O–H groups in total. The number of para-hydroxylation sites is 1. The van der Waals surface area contributed by atoms with Gasteiger partial charge in [-0.1, -0.05) is 18.2 Å². The fraction of sp³-hybridized carbons (Fsp3) is 0. The van der Waals surface area contributed by atoms with Gasteiger partial charge in [-0.3, -0.25) is 4.79 Å². The van der Waals surface area contributed by atoms with Gasteiger partial charge in [-0.15, -0.1) is 0 Å². The molecule has 0 bridgehead atoms. The van der Waals surface area contributed by atoms with Gasteiger partial charge in [0.25, 0.3) is 0 Å². The number of fused-ring (bicyclic) bond motifs is 1. The molecule has 0 aliphatic rings. The largest absolute Gasteiger partial charge is 0.299 e. The van der Waals surface area contributed by atoms with E-state index in [-0.39, 0.29) is 0 Å². The van der Waals surface area contributed by atoms with Crippen molar-refractivity contribution < 1.29 is 4.79 Å². The van der Waals surface area contributed by atoms with Crippen molar-refractivity contribution in [3.63, 3.8) is 0 Å². The molecule has 0 aliphatic carbocycles. The molecule has 0 spiro atoms. The molecule has 2 rings (SSSR count). The highest BCUT2D eigenvalue weighted by atomic mass is 16.1. The average Bonchev–Trinajstić information content (AvgIpc) is 2.58. The van der Waals surface area contributed by atoms with Crippen molar-refractivity contribution in [2.24, 2.45) is 0 Å². The summed E-state index contributed by atoms with van der Waals surface area (Å²) in [7, 11) is 0. The second-order valence-corrected chi connectivity index (χ2v) is 2.63. The van der Waals surface area contributed by atoms with Crippen LogP contribution in [0.1, 0.15) is 0 Å². The predicted octanol–water partition coefficient (Wildman–Crippen LogP) is 1.71. The fourth-order valence-electron chi connectivity index (χ4n) is 1.23. The summed E-state index contributed by atoms with van der Waals surface area (Å²) < 4.78 is 1.67. The highest BCUT2D eigenvalue weighted by molar-refractivity contribution is 5.81. The first-order chi connectivity index (χ1) is 6.42. The van der Waals surface area contributed by atoms with E-state index in [1.54, 1.807) is 17.1 Å². The third-order valence-electron chi connectivity index (χ3n) is 1.81. The number of carbonyl (C=O) groups is 1. The molecule has 1 aromatic heterocycles. The molecule has 3 nitrogen and oxygen atoms in total. The number of hydrogen-bond donors (Lipinski definition) is 0. The monoisotopic (exact) mass is 172 g/mol. The zero-order valence-corrected chi connectivity index (χ0v) is 6.92. The minimum Gasteiger partial charge on any atom is -0.299 e. The summed E-state index contributed by atoms with van der Waals surface area (Å²) in [5.41, 5.74) is 1.00. The molecule has 2 aromatic rings. The first kappa shape index (κ1) is 7.73. The molecule has 13 heavy (non-hydrogen) atoms. The first-order valence-electron chi connectivity index (χ1n) is 3.96. The van der Waals surface area contributed by atoms with Gasteiger partial charge in [0.15, 0.2) is 0 Å². The normalized spacial score (nSPS) is 11.1. The van der Waals surface area contributed by atoms with Crippen LogP contribution in [-0.4, -0.2) is 16.1 Å². The summed E-state index contributed by atoms with van der Waals surface area (Å²) in [5.74, 6) is 0. The van der Waals surface area contributed by atoms with Crippen LogP contribution >= 0.6 is 0 Å². The lowest BCUT2D eigenvalue weighted by atomic mass is 10.3. The van der Waals surface area contributed by atoms with E-state index in [9.17, 15) is 4.79 Å². The number of aldehydes is 1. The van der Waals surface area contributed by atoms with E-state index in [0.717, 1.165) is 17.2 Å². The molecule has 0 unspecified atom stereocenters. The topological polar surface area (TPSA) is 34.9 Å². The molecule has 0 saturated heterocycles. The molecule has 0 saturated carbocycles. The summed E-state index contributed by atoms with van der Waals surface area (Å²) in [6.07, 6.45) is 5.55. The lowest BCUT2D eigenvalue weighted by Gasteiger charge is -1.92. The molecule has 3 heteroatoms. The van der Waals surface area contributed by atoms with Crippen molar-refractivity contribution in [3.05, 3.63) is 36.5 Å². The van der Waals surface area contributed by atoms with Gasteiger partial charge in [0.1, 0.15) is 6.29 Å². The number of benzene rings is 1. The predicted molar refractivity (Wildman–Crippen MR) is 51.1 cm³/mol. The van der Waals surface area contributed by atoms with Crippen LogP contribution in [0.3, 0.4) is 0 Å². The van der Waals surface area contributed by atoms with Crippen LogP contribution in [0.2, 0.25) is 0 Å². The number of allylic oxidation sites excluding steroid dienone is 1. The Bertz CT molecular complexity index is 457. The Morgan fingerprint density at radius 3 is 3.00 bits per heavy atom. The number of aromatic nitrogens is 2. The Hall–Kier alpha value is -1.90. The van der Waals surface area contributed by atoms with Gasteiger partial charge < -0.3 is 0 Å². The van der Waals surface area contributed by atoms with Gasteiger partial charge in [0, 0.05) is 11.6 Å². The minimum atomic E-state index is 0.733. The Morgan fingerprint density at radius 2 is 2.15 bits per heavy atom. The maximum Gasteiger partial charge on any atom is 0.144 e. The number of rotatable bonds is 2. The highest BCUT2D eigenvalue weighted by Crippen LogP contribution is 2.12. The summed E-state index contributed by atoms with van der Waals surface area (Å²) in [4.78, 5) is 10.1. The van der Waals surface area contributed by atoms with Crippen molar-refractivity contribution in [2.75, 3.05) is 0 Å². The smallest absolute Gasteiger partial charge is 0.144 e. The van der Waals surface area contributed by atoms with Gasteiger partial charge >= 0.3 is 0 Å². The summed E-state index contributed by atoms with van der Waals surface area (Å²) in [6, 6.07) is 7.83. The lowest BCUT2D eigenvalue weighted by Crippen LogP contribution is -1.87. The van der Waals surface area contributed by atoms with Crippen LogP contribution in [-0.2, 0) is 4.79 Å². The van der Waals surface area contributed by atoms with Crippen LogP contribution in [0.25, 0.3) is 17.1 Å². The van der Waals surface area contributed by atoms with Crippen molar-refractivity contribution in [1.82, 2.24) is 9.78 Å². The second-order valence-electron chi connectivity index (χ2n) is 2.63. The van der Waals surface area contributed by atoms with Crippen LogP contribution < -0.4 is 0 Å². The maximum atomic E-state index is 10.1. The third-order valence-corrected chi connectivity index (χ3v) is 1.81. The molecule has 64 valence electrons. The maximum absolute atomic E-state index is 10.1. The molecular formula is C10H8N2O.